The van der Waals surface area contributed by atoms with Gasteiger partial charge in [0.05, 0.1) is 5.56 Å². The molecule has 1 atom stereocenters. The molecule has 1 aliphatic heterocycles. The summed E-state index contributed by atoms with van der Waals surface area (Å²) in [5.41, 5.74) is 0.380. The Hall–Kier alpha value is -3.16. The predicted molar refractivity (Wildman–Crippen MR) is 86.9 cm³/mol. The first-order chi connectivity index (χ1) is 12.6. The molecule has 4 rings (SSSR count). The molecule has 0 radical (unpaired) electrons. The summed E-state index contributed by atoms with van der Waals surface area (Å²) in [4.78, 5) is 22.6. The van der Waals surface area contributed by atoms with Gasteiger partial charge in [-0.3, -0.25) is 9.78 Å². The lowest BCUT2D eigenvalue weighted by Gasteiger charge is -2.21. The molecule has 6 nitrogen and oxygen atoms in total. The van der Waals surface area contributed by atoms with E-state index < -0.39 is 17.7 Å². The van der Waals surface area contributed by atoms with Crippen molar-refractivity contribution in [3.63, 3.8) is 0 Å². The van der Waals surface area contributed by atoms with Gasteiger partial charge in [0.2, 0.25) is 11.7 Å². The van der Waals surface area contributed by atoms with Crippen LogP contribution in [0.5, 0.6) is 0 Å². The number of likely N-dealkylation sites (tertiary alicyclic amines) is 1. The van der Waals surface area contributed by atoms with Gasteiger partial charge >= 0.3 is 0 Å². The number of benzene rings is 1. The molecule has 1 aromatic carbocycles. The molecule has 2 aromatic heterocycles. The largest absolute Gasteiger partial charge is 0.337 e. The molecule has 0 N–H and O–H groups in total. The van der Waals surface area contributed by atoms with Gasteiger partial charge in [-0.05, 0) is 37.1 Å². The van der Waals surface area contributed by atoms with Crippen molar-refractivity contribution < 1.29 is 18.1 Å². The Balaban J connectivity index is 1.61. The van der Waals surface area contributed by atoms with Crippen LogP contribution >= 0.6 is 0 Å². The van der Waals surface area contributed by atoms with E-state index in [1.54, 1.807) is 29.3 Å². The normalized spacial score (nSPS) is 16.8. The van der Waals surface area contributed by atoms with E-state index in [4.69, 9.17) is 4.52 Å². The van der Waals surface area contributed by atoms with Crippen molar-refractivity contribution in [2.24, 2.45) is 0 Å². The van der Waals surface area contributed by atoms with Crippen LogP contribution in [0.4, 0.5) is 8.78 Å². The number of amides is 1. The standard InChI is InChI=1S/C18H14F2N4O2/c19-11-6-7-12(13(20)10-11)16-22-17(26-23-16)15-5-3-9-24(15)18(25)14-4-1-2-8-21-14/h1-2,4,6-8,10,15H,3,5,9H2/t15-/m0/s1. The van der Waals surface area contributed by atoms with Crippen molar-refractivity contribution in [3.8, 4) is 11.4 Å². The Bertz CT molecular complexity index is 945. The van der Waals surface area contributed by atoms with Crippen LogP contribution in [0.1, 0.15) is 35.3 Å². The van der Waals surface area contributed by atoms with Gasteiger partial charge in [0, 0.05) is 18.8 Å². The minimum absolute atomic E-state index is 0.0228. The maximum absolute atomic E-state index is 13.9. The average Bonchev–Trinajstić information content (AvgIpc) is 3.31. The van der Waals surface area contributed by atoms with Gasteiger partial charge in [-0.2, -0.15) is 4.98 Å². The Morgan fingerprint density at radius 3 is 2.88 bits per heavy atom. The molecule has 8 heteroatoms. The lowest BCUT2D eigenvalue weighted by molar-refractivity contribution is 0.0704. The van der Waals surface area contributed by atoms with Crippen LogP contribution in [-0.4, -0.2) is 32.5 Å². The summed E-state index contributed by atoms with van der Waals surface area (Å²) in [5, 5.41) is 3.79. The number of hydrogen-bond acceptors (Lipinski definition) is 5. The zero-order chi connectivity index (χ0) is 18.1. The summed E-state index contributed by atoms with van der Waals surface area (Å²) in [7, 11) is 0. The summed E-state index contributed by atoms with van der Waals surface area (Å²) in [6, 6.07) is 7.87. The Morgan fingerprint density at radius 1 is 1.23 bits per heavy atom. The van der Waals surface area contributed by atoms with Gasteiger partial charge in [-0.15, -0.1) is 0 Å². The number of rotatable bonds is 3. The SMILES string of the molecule is O=C(c1ccccn1)N1CCC[C@H]1c1nc(-c2ccc(F)cc2F)no1. The zero-order valence-corrected chi connectivity index (χ0v) is 13.6. The van der Waals surface area contributed by atoms with E-state index in [9.17, 15) is 13.6 Å². The molecule has 1 aliphatic rings. The zero-order valence-electron chi connectivity index (χ0n) is 13.6. The van der Waals surface area contributed by atoms with Crippen molar-refractivity contribution in [1.82, 2.24) is 20.0 Å². The highest BCUT2D eigenvalue weighted by Crippen LogP contribution is 2.33. The van der Waals surface area contributed by atoms with Crippen molar-refractivity contribution in [2.75, 3.05) is 6.54 Å². The summed E-state index contributed by atoms with van der Waals surface area (Å²) in [6.45, 7) is 0.544. The highest BCUT2D eigenvalue weighted by Gasteiger charge is 2.35. The fourth-order valence-electron chi connectivity index (χ4n) is 3.05. The number of nitrogens with zero attached hydrogens (tertiary/aromatic N) is 4. The fourth-order valence-corrected chi connectivity index (χ4v) is 3.05. The number of halogens is 2. The molecule has 1 saturated heterocycles. The lowest BCUT2D eigenvalue weighted by atomic mass is 10.2. The maximum Gasteiger partial charge on any atom is 0.273 e. The molecular formula is C18H14F2N4O2. The quantitative estimate of drug-likeness (QED) is 0.719. The van der Waals surface area contributed by atoms with E-state index in [-0.39, 0.29) is 23.2 Å². The van der Waals surface area contributed by atoms with Gasteiger partial charge in [0.25, 0.3) is 5.91 Å². The van der Waals surface area contributed by atoms with Crippen molar-refractivity contribution >= 4 is 5.91 Å². The molecule has 1 fully saturated rings. The van der Waals surface area contributed by atoms with E-state index in [2.05, 4.69) is 15.1 Å². The second-order valence-electron chi connectivity index (χ2n) is 5.95. The second kappa shape index (κ2) is 6.62. The van der Waals surface area contributed by atoms with Gasteiger partial charge in [0.15, 0.2) is 0 Å². The Labute approximate surface area is 147 Å². The van der Waals surface area contributed by atoms with Gasteiger partial charge in [-0.25, -0.2) is 8.78 Å². The van der Waals surface area contributed by atoms with Crippen molar-refractivity contribution in [2.45, 2.75) is 18.9 Å². The summed E-state index contributed by atoms with van der Waals surface area (Å²) in [5.74, 6) is -1.43. The maximum atomic E-state index is 13.9. The molecule has 132 valence electrons. The molecule has 3 heterocycles. The van der Waals surface area contributed by atoms with Crippen molar-refractivity contribution in [3.05, 3.63) is 65.8 Å². The third-order valence-corrected chi connectivity index (χ3v) is 4.30. The average molecular weight is 356 g/mol. The van der Waals surface area contributed by atoms with E-state index >= 15 is 0 Å². The minimum atomic E-state index is -0.773. The van der Waals surface area contributed by atoms with Gasteiger partial charge < -0.3 is 9.42 Å². The highest BCUT2D eigenvalue weighted by molar-refractivity contribution is 5.92. The first-order valence-electron chi connectivity index (χ1n) is 8.14. The third-order valence-electron chi connectivity index (χ3n) is 4.30. The summed E-state index contributed by atoms with van der Waals surface area (Å²) >= 11 is 0. The molecule has 0 aliphatic carbocycles. The van der Waals surface area contributed by atoms with E-state index in [1.165, 1.54) is 6.07 Å². The number of carbonyl (C=O) groups excluding carboxylic acids is 1. The predicted octanol–water partition coefficient (Wildman–Crippen LogP) is 3.39. The topological polar surface area (TPSA) is 72.1 Å². The van der Waals surface area contributed by atoms with E-state index in [0.29, 0.717) is 18.7 Å². The smallest absolute Gasteiger partial charge is 0.273 e. The van der Waals surface area contributed by atoms with Crippen LogP contribution in [0, 0.1) is 11.6 Å². The molecule has 0 unspecified atom stereocenters. The lowest BCUT2D eigenvalue weighted by Crippen LogP contribution is -2.31. The monoisotopic (exact) mass is 356 g/mol. The molecule has 0 spiro atoms. The number of carbonyl (C=O) groups is 1. The Morgan fingerprint density at radius 2 is 2.12 bits per heavy atom. The molecule has 0 bridgehead atoms. The van der Waals surface area contributed by atoms with Gasteiger partial charge in [-0.1, -0.05) is 11.2 Å². The molecule has 26 heavy (non-hydrogen) atoms. The second-order valence-corrected chi connectivity index (χ2v) is 5.95. The third kappa shape index (κ3) is 2.94. The van der Waals surface area contributed by atoms with Gasteiger partial charge in [0.1, 0.15) is 23.4 Å². The summed E-state index contributed by atoms with van der Waals surface area (Å²) < 4.78 is 32.2. The fraction of sp³-hybridized carbons (Fsp3) is 0.222. The van der Waals surface area contributed by atoms with E-state index in [1.807, 2.05) is 0 Å². The first kappa shape index (κ1) is 16.3. The Kier molecular flexibility index (Phi) is 4.16. The van der Waals surface area contributed by atoms with Crippen LogP contribution in [-0.2, 0) is 0 Å². The summed E-state index contributed by atoms with van der Waals surface area (Å²) in [6.07, 6.45) is 3.00. The van der Waals surface area contributed by atoms with Crippen LogP contribution in [0.3, 0.4) is 0 Å². The van der Waals surface area contributed by atoms with Crippen LogP contribution in [0.2, 0.25) is 0 Å². The highest BCUT2D eigenvalue weighted by atomic mass is 19.1. The van der Waals surface area contributed by atoms with Crippen LogP contribution < -0.4 is 0 Å². The molecule has 3 aromatic rings. The van der Waals surface area contributed by atoms with Crippen LogP contribution in [0.15, 0.2) is 47.1 Å². The van der Waals surface area contributed by atoms with Crippen LogP contribution in [0.25, 0.3) is 11.4 Å². The molecule has 0 saturated carbocycles. The van der Waals surface area contributed by atoms with Crippen molar-refractivity contribution in [1.29, 1.82) is 0 Å². The number of hydrogen-bond donors (Lipinski definition) is 0. The number of aromatic nitrogens is 3. The minimum Gasteiger partial charge on any atom is -0.337 e. The molecular weight excluding hydrogens is 342 g/mol. The number of pyridine rings is 1. The first-order valence-corrected chi connectivity index (χ1v) is 8.14. The molecule has 1 amide bonds. The van der Waals surface area contributed by atoms with E-state index in [0.717, 1.165) is 18.6 Å².